The van der Waals surface area contributed by atoms with Gasteiger partial charge in [0.1, 0.15) is 36.6 Å². The van der Waals surface area contributed by atoms with Crippen molar-refractivity contribution in [3.05, 3.63) is 65.7 Å². The van der Waals surface area contributed by atoms with Gasteiger partial charge in [0.15, 0.2) is 0 Å². The van der Waals surface area contributed by atoms with E-state index in [9.17, 15) is 53.1 Å². The van der Waals surface area contributed by atoms with Crippen molar-refractivity contribution in [2.45, 2.75) is 202 Å². The molecule has 30 nitrogen and oxygen atoms in total. The molecule has 0 bridgehead atoms. The van der Waals surface area contributed by atoms with Gasteiger partial charge in [-0.3, -0.25) is 43.3 Å². The molecule has 1 aliphatic heterocycles. The molecule has 1 saturated heterocycles. The van der Waals surface area contributed by atoms with Gasteiger partial charge in [0, 0.05) is 65.9 Å². The summed E-state index contributed by atoms with van der Waals surface area (Å²) < 4.78 is 50.8. The molecule has 12 atom stereocenters. The largest absolute Gasteiger partial charge is 0.445 e. The van der Waals surface area contributed by atoms with Gasteiger partial charge in [-0.15, -0.1) is 0 Å². The van der Waals surface area contributed by atoms with Crippen LogP contribution in [-0.2, 0) is 87.6 Å². The van der Waals surface area contributed by atoms with E-state index >= 15 is 0 Å². The van der Waals surface area contributed by atoms with Crippen molar-refractivity contribution in [2.75, 3.05) is 126 Å². The number of ketones is 1. The number of benzene rings is 2. The van der Waals surface area contributed by atoms with E-state index in [1.54, 1.807) is 109 Å². The summed E-state index contributed by atoms with van der Waals surface area (Å²) in [6.07, 6.45) is -0.742. The number of aliphatic hydroxyl groups is 1. The van der Waals surface area contributed by atoms with Crippen LogP contribution >= 0.6 is 0 Å². The first-order chi connectivity index (χ1) is 50.9. The number of Topliss-reactive ketones (excluding diaryl/α,β-unsaturated/α-hetero) is 1. The zero-order valence-corrected chi connectivity index (χ0v) is 66.3. The van der Waals surface area contributed by atoms with E-state index in [2.05, 4.69) is 31.9 Å². The number of ether oxygens (including phenoxy) is 9. The van der Waals surface area contributed by atoms with Gasteiger partial charge in [-0.25, -0.2) is 9.59 Å². The predicted octanol–water partition coefficient (Wildman–Crippen LogP) is 5.70. The summed E-state index contributed by atoms with van der Waals surface area (Å²) in [5.74, 6) is -5.17. The first-order valence-corrected chi connectivity index (χ1v) is 37.8. The molecule has 30 heteroatoms. The number of hydrogen-bond acceptors (Lipinski definition) is 20. The van der Waals surface area contributed by atoms with Crippen LogP contribution in [0.3, 0.4) is 0 Å². The third-order valence-corrected chi connectivity index (χ3v) is 19.0. The summed E-state index contributed by atoms with van der Waals surface area (Å²) in [6, 6.07) is 8.73. The highest BCUT2D eigenvalue weighted by molar-refractivity contribution is 5.98. The van der Waals surface area contributed by atoms with Gasteiger partial charge in [0.05, 0.1) is 128 Å². The van der Waals surface area contributed by atoms with Gasteiger partial charge in [-0.2, -0.15) is 0 Å². The van der Waals surface area contributed by atoms with Crippen LogP contribution in [0.25, 0.3) is 0 Å². The number of likely N-dealkylation sites (N-methyl/N-ethyl adjacent to an activating group) is 2. The maximum Gasteiger partial charge on any atom is 0.410 e. The van der Waals surface area contributed by atoms with Gasteiger partial charge < -0.3 is 95.2 Å². The lowest BCUT2D eigenvalue weighted by Gasteiger charge is -2.41. The van der Waals surface area contributed by atoms with Crippen LogP contribution in [0, 0.1) is 35.5 Å². The van der Waals surface area contributed by atoms with E-state index in [4.69, 9.17) is 48.4 Å². The van der Waals surface area contributed by atoms with Crippen molar-refractivity contribution in [2.24, 2.45) is 41.2 Å². The van der Waals surface area contributed by atoms with E-state index in [-0.39, 0.29) is 94.0 Å². The number of aliphatic hydroxyl groups excluding tert-OH is 1. The van der Waals surface area contributed by atoms with Crippen molar-refractivity contribution in [1.82, 2.24) is 41.3 Å². The standard InChI is InChI=1S/C77H128N10O20/c1-17-53(10)68(62(99-15)47-64(90)87-34-22-26-60(87)70(100-16)54(11)71(92)80-55(12)69(91)57-23-19-18-20-24-57)85(13)75(96)66(51(6)7)84-74(95)67(52(8)9)86(14)77(98)107-48-56-27-29-58(30-28-56)81-72(93)59(25-21-33-79-76(78)97)82-73(94)65(50(4)5)83-63(89)32-36-102-38-40-104-42-44-106-46-45-105-43-41-103-39-37-101-35-31-61(88)49(2)3/h18-20,23-24,27-30,49-55,59-60,62,65-70,91H,17,21-22,25-26,31-48H2,1-16H3,(H,80,92)(H,81,93)(H,82,94)(H,83,89)(H,84,95)(H3,78,79,97)/t53-,54+,55+,59+,60-,62+,65+,66?,67-,68-,69+,70+/m1/s1. The second kappa shape index (κ2) is 51.1. The minimum absolute atomic E-state index is 0.00631. The smallest absolute Gasteiger partial charge is 0.410 e. The monoisotopic (exact) mass is 1510 g/mol. The number of hydrogen-bond donors (Lipinski definition) is 8. The fourth-order valence-corrected chi connectivity index (χ4v) is 12.5. The van der Waals surface area contributed by atoms with Crippen molar-refractivity contribution in [1.29, 1.82) is 0 Å². The molecule has 0 spiro atoms. The lowest BCUT2D eigenvalue weighted by Crippen LogP contribution is -2.60. The maximum atomic E-state index is 14.8. The highest BCUT2D eigenvalue weighted by Crippen LogP contribution is 2.31. The van der Waals surface area contributed by atoms with Crippen LogP contribution in [0.4, 0.5) is 15.3 Å². The van der Waals surface area contributed by atoms with E-state index in [0.29, 0.717) is 109 Å². The van der Waals surface area contributed by atoms with E-state index in [0.717, 1.165) is 0 Å². The number of primary amides is 1. The number of amides is 10. The van der Waals surface area contributed by atoms with Gasteiger partial charge in [-0.05, 0) is 79.5 Å². The molecule has 0 saturated carbocycles. The van der Waals surface area contributed by atoms with E-state index in [1.807, 2.05) is 45.9 Å². The lowest BCUT2D eigenvalue weighted by molar-refractivity contribution is -0.148. The molecule has 2 aromatic rings. The highest BCUT2D eigenvalue weighted by atomic mass is 16.6. The molecule has 107 heavy (non-hydrogen) atoms. The van der Waals surface area contributed by atoms with E-state index < -0.39 is 120 Å². The van der Waals surface area contributed by atoms with Crippen molar-refractivity contribution >= 4 is 64.9 Å². The molecule has 0 radical (unpaired) electrons. The number of rotatable bonds is 54. The number of likely N-dealkylation sites (tertiary alicyclic amines) is 1. The van der Waals surface area contributed by atoms with Crippen LogP contribution in [-0.4, -0.2) is 254 Å². The van der Waals surface area contributed by atoms with Crippen LogP contribution in [0.1, 0.15) is 152 Å². The lowest BCUT2D eigenvalue weighted by atomic mass is 9.89. The summed E-state index contributed by atoms with van der Waals surface area (Å²) in [5, 5.41) is 27.7. The molecular formula is C77H128N10O20. The number of carbonyl (C=O) groups excluding carboxylic acids is 10. The van der Waals surface area contributed by atoms with Crippen LogP contribution in [0.15, 0.2) is 54.6 Å². The second-order valence-electron chi connectivity index (χ2n) is 28.6. The molecule has 1 fully saturated rings. The van der Waals surface area contributed by atoms with Crippen LogP contribution in [0.2, 0.25) is 0 Å². The molecular weight excluding hydrogens is 1380 g/mol. The molecule has 1 heterocycles. The molecule has 9 N–H and O–H groups in total. The Hall–Kier alpha value is -7.42. The quantitative estimate of drug-likeness (QED) is 0.0368. The number of nitrogens with zero attached hydrogens (tertiary/aromatic N) is 3. The highest BCUT2D eigenvalue weighted by Gasteiger charge is 2.44. The molecule has 0 aliphatic carbocycles. The molecule has 1 unspecified atom stereocenters. The number of carbonyl (C=O) groups is 10. The number of urea groups is 1. The minimum atomic E-state index is -1.12. The normalized spacial score (nSPS) is 16.1. The summed E-state index contributed by atoms with van der Waals surface area (Å²) in [6.45, 7) is 26.1. The van der Waals surface area contributed by atoms with Gasteiger partial charge >= 0.3 is 12.1 Å². The zero-order valence-electron chi connectivity index (χ0n) is 66.3. The molecule has 1 aliphatic rings. The third-order valence-electron chi connectivity index (χ3n) is 19.0. The van der Waals surface area contributed by atoms with E-state index in [1.165, 1.54) is 26.2 Å². The van der Waals surface area contributed by atoms with Gasteiger partial charge in [0.2, 0.25) is 41.4 Å². The van der Waals surface area contributed by atoms with Crippen molar-refractivity contribution < 1.29 is 95.7 Å². The Labute approximate surface area is 634 Å². The summed E-state index contributed by atoms with van der Waals surface area (Å²) >= 11 is 0. The Kier molecular flexibility index (Phi) is 44.8. The Morgan fingerprint density at radius 3 is 1.67 bits per heavy atom. The molecule has 2 aromatic carbocycles. The van der Waals surface area contributed by atoms with Crippen molar-refractivity contribution in [3.63, 3.8) is 0 Å². The number of methoxy groups -OCH3 is 2. The Morgan fingerprint density at radius 1 is 0.617 bits per heavy atom. The number of nitrogens with one attached hydrogen (secondary N) is 6. The molecule has 3 rings (SSSR count). The molecule has 606 valence electrons. The average molecular weight is 1510 g/mol. The fraction of sp³-hybridized carbons (Fsp3) is 0.714. The molecule has 0 aromatic heterocycles. The fourth-order valence-electron chi connectivity index (χ4n) is 12.5. The zero-order chi connectivity index (χ0) is 79.7. The summed E-state index contributed by atoms with van der Waals surface area (Å²) in [4.78, 5) is 140. The second-order valence-corrected chi connectivity index (χ2v) is 28.6. The van der Waals surface area contributed by atoms with Crippen molar-refractivity contribution in [3.8, 4) is 0 Å². The SMILES string of the molecule is CC[C@@H](C)[C@H]([C@H](CC(=O)N1CCC[C@@H]1[C@@H](OC)[C@H](C)C(=O)N[C@@H](C)[C@H](O)c1ccccc1)OC)N(C)C(=O)C(NC(=O)[C@@H](C(C)C)N(C)C(=O)OCc1ccc(NC(=O)[C@H](CCCNC(N)=O)NC(=O)[C@@H](NC(=O)CCOCCOCCOCCOCCOCCOCCC(=O)C(C)C)C(C)C)cc1)C(C)C. The Bertz CT molecular complexity index is 2990. The Morgan fingerprint density at radius 2 is 1.17 bits per heavy atom. The average Bonchev–Trinajstić information content (AvgIpc) is 1.80. The van der Waals surface area contributed by atoms with Crippen LogP contribution < -0.4 is 37.6 Å². The predicted molar refractivity (Wildman–Crippen MR) is 403 cm³/mol. The van der Waals surface area contributed by atoms with Crippen LogP contribution in [0.5, 0.6) is 0 Å². The summed E-state index contributed by atoms with van der Waals surface area (Å²) in [5.41, 5.74) is 6.80. The number of nitrogens with two attached hydrogens (primary N) is 1. The third kappa shape index (κ3) is 33.5. The number of anilines is 1. The first kappa shape index (κ1) is 93.8. The van der Waals surface area contributed by atoms with Gasteiger partial charge in [0.25, 0.3) is 0 Å². The summed E-state index contributed by atoms with van der Waals surface area (Å²) in [7, 11) is 6.09. The maximum absolute atomic E-state index is 14.8. The van der Waals surface area contributed by atoms with Gasteiger partial charge in [-0.1, -0.05) is 125 Å². The topological polar surface area (TPSA) is 382 Å². The molecule has 10 amide bonds. The first-order valence-electron chi connectivity index (χ1n) is 37.8. The minimum Gasteiger partial charge on any atom is -0.445 e. The Balaban J connectivity index is 1.55.